The van der Waals surface area contributed by atoms with Crippen molar-refractivity contribution in [1.82, 2.24) is 16.0 Å². The molecule has 256 valence electrons. The molecule has 0 saturated heterocycles. The number of nitrogens with one attached hydrogen (secondary N) is 3. The van der Waals surface area contributed by atoms with Crippen LogP contribution in [0.4, 0.5) is 4.79 Å². The van der Waals surface area contributed by atoms with Crippen LogP contribution in [0.5, 0.6) is 0 Å². The van der Waals surface area contributed by atoms with Crippen LogP contribution in [0.25, 0.3) is 0 Å². The van der Waals surface area contributed by atoms with Crippen LogP contribution in [-0.4, -0.2) is 60.2 Å². The van der Waals surface area contributed by atoms with Crippen molar-refractivity contribution in [3.8, 4) is 0 Å². The van der Waals surface area contributed by atoms with Crippen molar-refractivity contribution in [2.45, 2.75) is 97.6 Å². The molecule has 0 aliphatic rings. The van der Waals surface area contributed by atoms with Gasteiger partial charge >= 0.3 is 18.0 Å². The largest absolute Gasteiger partial charge is 0.463 e. The van der Waals surface area contributed by atoms with Crippen LogP contribution >= 0.6 is 0 Å². The number of hydrogen-bond acceptors (Lipinski definition) is 8. The highest BCUT2D eigenvalue weighted by Crippen LogP contribution is 2.13. The van der Waals surface area contributed by atoms with E-state index in [0.29, 0.717) is 6.42 Å². The molecular weight excluding hydrogens is 602 g/mol. The molecule has 0 bridgehead atoms. The molecule has 0 radical (unpaired) electrons. The van der Waals surface area contributed by atoms with Gasteiger partial charge in [0.1, 0.15) is 24.3 Å². The summed E-state index contributed by atoms with van der Waals surface area (Å²) in [6.45, 7) is 11.0. The summed E-state index contributed by atoms with van der Waals surface area (Å²) in [6, 6.07) is 15.5. The summed E-state index contributed by atoms with van der Waals surface area (Å²) in [5.41, 5.74) is 0.900. The molecule has 0 spiro atoms. The van der Waals surface area contributed by atoms with Crippen molar-refractivity contribution in [3.63, 3.8) is 0 Å². The molecule has 11 heteroatoms. The summed E-state index contributed by atoms with van der Waals surface area (Å²) < 4.78 is 15.7. The zero-order valence-corrected chi connectivity index (χ0v) is 28.2. The van der Waals surface area contributed by atoms with Crippen molar-refractivity contribution in [2.75, 3.05) is 6.61 Å². The lowest BCUT2D eigenvalue weighted by Crippen LogP contribution is -2.55. The molecule has 2 aromatic rings. The van der Waals surface area contributed by atoms with Gasteiger partial charge in [-0.3, -0.25) is 14.4 Å². The highest BCUT2D eigenvalue weighted by molar-refractivity contribution is 5.92. The maximum absolute atomic E-state index is 13.8. The first-order valence-electron chi connectivity index (χ1n) is 15.9. The van der Waals surface area contributed by atoms with E-state index in [0.717, 1.165) is 11.1 Å². The molecule has 2 aromatic carbocycles. The number of esters is 2. The van der Waals surface area contributed by atoms with Gasteiger partial charge in [-0.2, -0.15) is 0 Å². The molecule has 2 rings (SSSR count). The van der Waals surface area contributed by atoms with Gasteiger partial charge in [-0.05, 0) is 57.6 Å². The molecular formula is C36H49N3O8. The number of amides is 3. The molecule has 0 fully saturated rings. The minimum Gasteiger partial charge on any atom is -0.463 e. The molecule has 0 heterocycles. The van der Waals surface area contributed by atoms with Gasteiger partial charge in [0.05, 0.1) is 6.61 Å². The van der Waals surface area contributed by atoms with Gasteiger partial charge in [0.25, 0.3) is 0 Å². The molecule has 3 N–H and O–H groups in total. The van der Waals surface area contributed by atoms with E-state index in [-0.39, 0.29) is 38.4 Å². The highest BCUT2D eigenvalue weighted by atomic mass is 16.6. The van der Waals surface area contributed by atoms with Crippen LogP contribution < -0.4 is 16.0 Å². The quantitative estimate of drug-likeness (QED) is 0.126. The fourth-order valence-electron chi connectivity index (χ4n) is 4.49. The maximum Gasteiger partial charge on any atom is 0.408 e. The lowest BCUT2D eigenvalue weighted by Gasteiger charge is -2.26. The van der Waals surface area contributed by atoms with E-state index >= 15 is 0 Å². The van der Waals surface area contributed by atoms with Crippen molar-refractivity contribution < 1.29 is 38.2 Å². The zero-order chi connectivity index (χ0) is 34.8. The average molecular weight is 652 g/mol. The van der Waals surface area contributed by atoms with Crippen molar-refractivity contribution in [2.24, 2.45) is 5.92 Å². The van der Waals surface area contributed by atoms with E-state index in [9.17, 15) is 24.0 Å². The summed E-state index contributed by atoms with van der Waals surface area (Å²) in [6.07, 6.45) is 2.43. The standard InChI is InChI=1S/C36H49N3O8/c1-7-45-31(40)20-18-28(19-21-32(41)47-36(4,5)6)37-33(42)30(23-26-14-10-8-11-15-26)38-34(43)29(22-25(2)3)39-35(44)46-24-27-16-12-9-13-17-27/h8-18,20,25,28-30H,7,19,21-24H2,1-6H3,(H,37,42)(H,38,43)(H,39,44)/b20-18+/t28-,29+,30+/m1/s1. The topological polar surface area (TPSA) is 149 Å². The van der Waals surface area contributed by atoms with Gasteiger partial charge in [-0.25, -0.2) is 9.59 Å². The number of hydrogen-bond donors (Lipinski definition) is 3. The molecule has 0 aliphatic heterocycles. The third kappa shape index (κ3) is 16.5. The van der Waals surface area contributed by atoms with Crippen LogP contribution in [0.1, 0.15) is 71.9 Å². The van der Waals surface area contributed by atoms with Crippen LogP contribution in [-0.2, 0) is 46.4 Å². The summed E-state index contributed by atoms with van der Waals surface area (Å²) >= 11 is 0. The van der Waals surface area contributed by atoms with E-state index in [1.807, 2.05) is 74.5 Å². The third-order valence-corrected chi connectivity index (χ3v) is 6.60. The first kappa shape index (κ1) is 38.5. The van der Waals surface area contributed by atoms with Crippen molar-refractivity contribution in [3.05, 3.63) is 83.9 Å². The number of rotatable bonds is 17. The van der Waals surface area contributed by atoms with E-state index in [4.69, 9.17) is 14.2 Å². The Balaban J connectivity index is 2.24. The molecule has 0 unspecified atom stereocenters. The molecule has 0 aromatic heterocycles. The molecule has 3 atom stereocenters. The first-order chi connectivity index (χ1) is 22.3. The zero-order valence-electron chi connectivity index (χ0n) is 28.2. The van der Waals surface area contributed by atoms with E-state index < -0.39 is 53.6 Å². The first-order valence-corrected chi connectivity index (χ1v) is 15.9. The van der Waals surface area contributed by atoms with Gasteiger partial charge in [0, 0.05) is 25.0 Å². The van der Waals surface area contributed by atoms with Crippen LogP contribution in [0.3, 0.4) is 0 Å². The smallest absolute Gasteiger partial charge is 0.408 e. The van der Waals surface area contributed by atoms with Crippen molar-refractivity contribution in [1.29, 1.82) is 0 Å². The normalized spacial score (nSPS) is 13.3. The van der Waals surface area contributed by atoms with Gasteiger partial charge in [-0.15, -0.1) is 0 Å². The molecule has 11 nitrogen and oxygen atoms in total. The Morgan fingerprint density at radius 3 is 1.96 bits per heavy atom. The fourth-order valence-corrected chi connectivity index (χ4v) is 4.49. The summed E-state index contributed by atoms with van der Waals surface area (Å²) in [7, 11) is 0. The summed E-state index contributed by atoms with van der Waals surface area (Å²) in [5, 5.41) is 8.30. The SMILES string of the molecule is CCOC(=O)/C=C/[C@H](CCC(=O)OC(C)(C)C)NC(=O)[C@H](Cc1ccccc1)NC(=O)[C@H](CC(C)C)NC(=O)OCc1ccccc1. The number of ether oxygens (including phenoxy) is 3. The fraction of sp³-hybridized carbons (Fsp3) is 0.472. The van der Waals surface area contributed by atoms with Crippen molar-refractivity contribution >= 4 is 29.8 Å². The minimum atomic E-state index is -1.05. The van der Waals surface area contributed by atoms with Gasteiger partial charge < -0.3 is 30.2 Å². The number of carbonyl (C=O) groups is 5. The Morgan fingerprint density at radius 1 is 0.787 bits per heavy atom. The van der Waals surface area contributed by atoms with Gasteiger partial charge in [-0.1, -0.05) is 80.6 Å². The molecule has 0 aliphatic carbocycles. The Labute approximate surface area is 277 Å². The Bertz CT molecular complexity index is 1320. The Kier molecular flexibility index (Phi) is 16.2. The number of carbonyl (C=O) groups excluding carboxylic acids is 5. The monoisotopic (exact) mass is 651 g/mol. The molecule has 3 amide bonds. The maximum atomic E-state index is 13.8. The second-order valence-electron chi connectivity index (χ2n) is 12.5. The average Bonchev–Trinajstić information content (AvgIpc) is 3.00. The Morgan fingerprint density at radius 2 is 1.38 bits per heavy atom. The number of alkyl carbamates (subject to hydrolysis) is 1. The van der Waals surface area contributed by atoms with Crippen LogP contribution in [0.15, 0.2) is 72.8 Å². The van der Waals surface area contributed by atoms with Gasteiger partial charge in [0.2, 0.25) is 11.8 Å². The summed E-state index contributed by atoms with van der Waals surface area (Å²) in [4.78, 5) is 64.5. The Hall–Kier alpha value is -4.67. The predicted octanol–water partition coefficient (Wildman–Crippen LogP) is 4.78. The third-order valence-electron chi connectivity index (χ3n) is 6.60. The number of benzene rings is 2. The van der Waals surface area contributed by atoms with Gasteiger partial charge in [0.15, 0.2) is 0 Å². The lowest BCUT2D eigenvalue weighted by atomic mass is 10.0. The predicted molar refractivity (Wildman–Crippen MR) is 178 cm³/mol. The second-order valence-corrected chi connectivity index (χ2v) is 12.5. The minimum absolute atomic E-state index is 0.0312. The lowest BCUT2D eigenvalue weighted by molar-refractivity contribution is -0.155. The molecule has 47 heavy (non-hydrogen) atoms. The molecule has 0 saturated carbocycles. The van der Waals surface area contributed by atoms with E-state index in [1.54, 1.807) is 27.7 Å². The van der Waals surface area contributed by atoms with Crippen LogP contribution in [0, 0.1) is 5.92 Å². The van der Waals surface area contributed by atoms with E-state index in [2.05, 4.69) is 16.0 Å². The van der Waals surface area contributed by atoms with E-state index in [1.165, 1.54) is 12.2 Å². The second kappa shape index (κ2) is 19.8. The van der Waals surface area contributed by atoms with Crippen LogP contribution in [0.2, 0.25) is 0 Å². The summed E-state index contributed by atoms with van der Waals surface area (Å²) in [5.74, 6) is -2.12. The highest BCUT2D eigenvalue weighted by Gasteiger charge is 2.29.